The zero-order chi connectivity index (χ0) is 33.2. The van der Waals surface area contributed by atoms with Crippen LogP contribution in [0.1, 0.15) is 23.6 Å². The summed E-state index contributed by atoms with van der Waals surface area (Å²) in [6.07, 6.45) is 0. The van der Waals surface area contributed by atoms with Crippen LogP contribution < -0.4 is 4.90 Å². The predicted octanol–water partition coefficient (Wildman–Crippen LogP) is 13.7. The number of thiophene rings is 1. The van der Waals surface area contributed by atoms with Crippen LogP contribution in [0.5, 0.6) is 0 Å². The minimum absolute atomic E-state index is 0.233. The van der Waals surface area contributed by atoms with Crippen LogP contribution in [0.2, 0.25) is 0 Å². The van der Waals surface area contributed by atoms with Gasteiger partial charge in [-0.1, -0.05) is 146 Å². The molecule has 1 heterocycles. The minimum atomic E-state index is -0.233. The summed E-state index contributed by atoms with van der Waals surface area (Å²) < 4.78 is 2.59. The number of benzene rings is 8. The molecule has 2 heteroatoms. The lowest BCUT2D eigenvalue weighted by Gasteiger charge is -2.28. The Morgan fingerprint density at radius 2 is 1.06 bits per heavy atom. The number of nitrogens with zero attached hydrogens (tertiary/aromatic N) is 1. The summed E-state index contributed by atoms with van der Waals surface area (Å²) in [5.74, 6) is 0. The lowest BCUT2D eigenvalue weighted by molar-refractivity contribution is 0.715. The maximum atomic E-state index is 2.47. The van der Waals surface area contributed by atoms with E-state index in [9.17, 15) is 0 Å². The van der Waals surface area contributed by atoms with Crippen molar-refractivity contribution in [3.63, 3.8) is 0 Å². The molecule has 0 saturated heterocycles. The van der Waals surface area contributed by atoms with Crippen LogP contribution in [-0.4, -0.2) is 0 Å². The third kappa shape index (κ3) is 4.32. The van der Waals surface area contributed by atoms with Gasteiger partial charge in [-0.3, -0.25) is 0 Å². The summed E-state index contributed by atoms with van der Waals surface area (Å²) in [6.45, 7) is 2.40. The van der Waals surface area contributed by atoms with Gasteiger partial charge in [-0.05, 0) is 87.7 Å². The third-order valence-corrected chi connectivity index (χ3v) is 12.0. The van der Waals surface area contributed by atoms with Gasteiger partial charge in [0, 0.05) is 32.0 Å². The molecule has 0 N–H and O–H groups in total. The van der Waals surface area contributed by atoms with Gasteiger partial charge < -0.3 is 4.90 Å². The first kappa shape index (κ1) is 29.0. The summed E-state index contributed by atoms with van der Waals surface area (Å²) >= 11 is 1.89. The second-order valence-electron chi connectivity index (χ2n) is 13.4. The van der Waals surface area contributed by atoms with Crippen LogP contribution in [0.15, 0.2) is 182 Å². The minimum Gasteiger partial charge on any atom is -0.308 e. The molecule has 1 nitrogen and oxygen atoms in total. The Balaban J connectivity index is 1.18. The van der Waals surface area contributed by atoms with E-state index in [2.05, 4.69) is 194 Å². The van der Waals surface area contributed by atoms with Gasteiger partial charge in [0.15, 0.2) is 0 Å². The van der Waals surface area contributed by atoms with Gasteiger partial charge >= 0.3 is 0 Å². The number of fused-ring (bicyclic) bond motifs is 7. The van der Waals surface area contributed by atoms with Crippen molar-refractivity contribution in [1.29, 1.82) is 0 Å². The van der Waals surface area contributed by atoms with Crippen LogP contribution >= 0.6 is 11.3 Å². The van der Waals surface area contributed by atoms with Crippen molar-refractivity contribution in [3.05, 3.63) is 199 Å². The van der Waals surface area contributed by atoms with Crippen LogP contribution in [0, 0.1) is 0 Å². The lowest BCUT2D eigenvalue weighted by atomic mass is 9.74. The van der Waals surface area contributed by atoms with Crippen LogP contribution in [0.3, 0.4) is 0 Å². The van der Waals surface area contributed by atoms with Crippen molar-refractivity contribution in [2.45, 2.75) is 12.3 Å². The van der Waals surface area contributed by atoms with Crippen LogP contribution in [0.25, 0.3) is 53.2 Å². The Kier molecular flexibility index (Phi) is 6.55. The maximum Gasteiger partial charge on any atom is 0.0640 e. The molecule has 0 aliphatic heterocycles. The molecule has 1 aliphatic carbocycles. The fourth-order valence-corrected chi connectivity index (χ4v) is 9.47. The molecule has 0 radical (unpaired) electrons. The maximum absolute atomic E-state index is 2.47. The van der Waals surface area contributed by atoms with Gasteiger partial charge in [0.25, 0.3) is 0 Å². The number of hydrogen-bond donors (Lipinski definition) is 0. The van der Waals surface area contributed by atoms with E-state index in [0.717, 1.165) is 5.69 Å². The van der Waals surface area contributed by atoms with E-state index in [-0.39, 0.29) is 5.41 Å². The highest BCUT2D eigenvalue weighted by molar-refractivity contribution is 7.26. The average Bonchev–Trinajstić information content (AvgIpc) is 3.69. The highest BCUT2D eigenvalue weighted by Gasteiger charge is 2.40. The molecule has 50 heavy (non-hydrogen) atoms. The molecule has 9 aromatic rings. The molecular formula is C48H33NS. The molecule has 236 valence electrons. The van der Waals surface area contributed by atoms with Crippen LogP contribution in [0.4, 0.5) is 17.1 Å². The number of rotatable bonds is 5. The molecular weight excluding hydrogens is 623 g/mol. The smallest absolute Gasteiger partial charge is 0.0640 e. The van der Waals surface area contributed by atoms with Crippen molar-refractivity contribution in [1.82, 2.24) is 0 Å². The molecule has 8 aromatic carbocycles. The van der Waals surface area contributed by atoms with E-state index in [1.165, 1.54) is 81.3 Å². The Bertz CT molecular complexity index is 2670. The quantitative estimate of drug-likeness (QED) is 0.178. The van der Waals surface area contributed by atoms with Gasteiger partial charge in [-0.25, -0.2) is 0 Å². The Hall–Kier alpha value is -5.96. The molecule has 0 saturated carbocycles. The Morgan fingerprint density at radius 3 is 1.84 bits per heavy atom. The average molecular weight is 656 g/mol. The van der Waals surface area contributed by atoms with Crippen molar-refractivity contribution in [3.8, 4) is 22.3 Å². The number of anilines is 3. The zero-order valence-electron chi connectivity index (χ0n) is 27.7. The normalized spacial score (nSPS) is 13.1. The molecule has 1 aromatic heterocycles. The summed E-state index contributed by atoms with van der Waals surface area (Å²) in [5.41, 5.74) is 12.5. The fraction of sp³-hybridized carbons (Fsp3) is 0.0417. The monoisotopic (exact) mass is 655 g/mol. The van der Waals surface area contributed by atoms with Gasteiger partial charge in [0.1, 0.15) is 0 Å². The lowest BCUT2D eigenvalue weighted by Crippen LogP contribution is -2.22. The van der Waals surface area contributed by atoms with Crippen molar-refractivity contribution in [2.24, 2.45) is 0 Å². The molecule has 0 atom stereocenters. The highest BCUT2D eigenvalue weighted by atomic mass is 32.1. The summed E-state index contributed by atoms with van der Waals surface area (Å²) in [4.78, 5) is 2.46. The SMILES string of the molecule is CC1(c2ccc3sc4c(N(c5ccc(-c6ccccc6)cc5)c5cccc6ccccc56)cccc4c3c2)c2ccccc2-c2ccccc21. The topological polar surface area (TPSA) is 3.24 Å². The van der Waals surface area contributed by atoms with E-state index in [1.807, 2.05) is 11.3 Å². The van der Waals surface area contributed by atoms with Crippen molar-refractivity contribution in [2.75, 3.05) is 4.90 Å². The third-order valence-electron chi connectivity index (χ3n) is 10.8. The first-order valence-corrected chi connectivity index (χ1v) is 18.1. The molecule has 0 amide bonds. The predicted molar refractivity (Wildman–Crippen MR) is 214 cm³/mol. The first-order valence-electron chi connectivity index (χ1n) is 17.3. The van der Waals surface area contributed by atoms with Gasteiger partial charge in [0.2, 0.25) is 0 Å². The molecule has 0 fully saturated rings. The van der Waals surface area contributed by atoms with Crippen molar-refractivity contribution >= 4 is 59.3 Å². The second kappa shape index (κ2) is 11.3. The van der Waals surface area contributed by atoms with E-state index in [0.29, 0.717) is 0 Å². The Morgan fingerprint density at radius 1 is 0.460 bits per heavy atom. The standard InChI is InChI=1S/C48H33NS/c1-48(42-21-9-7-18-38(42)39-19-8-10-22-43(39)48)35-27-30-46-41(31-35)40-20-12-24-45(47(40)50-46)49(44-23-11-16-34-15-5-6-17-37(34)44)36-28-25-33(26-29-36)32-13-3-2-4-14-32/h2-31H,1H3. The van der Waals surface area contributed by atoms with E-state index in [1.54, 1.807) is 0 Å². The van der Waals surface area contributed by atoms with Crippen molar-refractivity contribution < 1.29 is 0 Å². The highest BCUT2D eigenvalue weighted by Crippen LogP contribution is 2.53. The summed E-state index contributed by atoms with van der Waals surface area (Å²) in [6, 6.07) is 66.9. The molecule has 0 bridgehead atoms. The largest absolute Gasteiger partial charge is 0.308 e. The molecule has 0 spiro atoms. The zero-order valence-corrected chi connectivity index (χ0v) is 28.5. The van der Waals surface area contributed by atoms with E-state index >= 15 is 0 Å². The fourth-order valence-electron chi connectivity index (χ4n) is 8.28. The molecule has 10 rings (SSSR count). The van der Waals surface area contributed by atoms with Gasteiger partial charge in [-0.2, -0.15) is 0 Å². The number of hydrogen-bond acceptors (Lipinski definition) is 2. The summed E-state index contributed by atoms with van der Waals surface area (Å²) in [5, 5.41) is 5.06. The van der Waals surface area contributed by atoms with E-state index < -0.39 is 0 Å². The molecule has 1 aliphatic rings. The van der Waals surface area contributed by atoms with Gasteiger partial charge in [-0.15, -0.1) is 11.3 Å². The summed E-state index contributed by atoms with van der Waals surface area (Å²) in [7, 11) is 0. The Labute approximate surface area is 296 Å². The molecule has 0 unspecified atom stereocenters. The first-order chi connectivity index (χ1) is 24.7. The van der Waals surface area contributed by atoms with Crippen LogP contribution in [-0.2, 0) is 5.41 Å². The van der Waals surface area contributed by atoms with Gasteiger partial charge in [0.05, 0.1) is 16.1 Å². The second-order valence-corrected chi connectivity index (χ2v) is 14.5. The van der Waals surface area contributed by atoms with E-state index in [4.69, 9.17) is 0 Å².